The maximum atomic E-state index is 13.0. The zero-order valence-electron chi connectivity index (χ0n) is 27.4. The molecule has 0 fully saturated rings. The van der Waals surface area contributed by atoms with E-state index in [-0.39, 0.29) is 16.9 Å². The van der Waals surface area contributed by atoms with Crippen molar-refractivity contribution < 1.29 is 19.4 Å². The van der Waals surface area contributed by atoms with Crippen molar-refractivity contribution in [3.05, 3.63) is 51.6 Å². The molecule has 0 radical (unpaired) electrons. The second kappa shape index (κ2) is 14.6. The van der Waals surface area contributed by atoms with Crippen LogP contribution >= 0.6 is 0 Å². The van der Waals surface area contributed by atoms with Crippen LogP contribution in [0.3, 0.4) is 0 Å². The number of esters is 1. The Morgan fingerprint density at radius 2 is 1.51 bits per heavy atom. The Bertz CT molecular complexity index is 1180. The molecule has 3 rings (SSSR count). The van der Waals surface area contributed by atoms with Crippen LogP contribution < -0.4 is 9.47 Å². The summed E-state index contributed by atoms with van der Waals surface area (Å²) in [6.07, 6.45) is 13.5. The molecule has 2 aromatic carbocycles. The molecule has 0 amide bonds. The van der Waals surface area contributed by atoms with Crippen molar-refractivity contribution in [1.29, 1.82) is 0 Å². The average molecular weight is 565 g/mol. The van der Waals surface area contributed by atoms with Crippen molar-refractivity contribution in [2.45, 2.75) is 139 Å². The fraction of sp³-hybridized carbons (Fsp3) is 0.649. The van der Waals surface area contributed by atoms with Gasteiger partial charge in [0.25, 0.3) is 0 Å². The van der Waals surface area contributed by atoms with Crippen molar-refractivity contribution >= 4 is 5.97 Å². The van der Waals surface area contributed by atoms with Gasteiger partial charge in [-0.05, 0) is 112 Å². The third kappa shape index (κ3) is 9.00. The molecule has 0 spiro atoms. The highest BCUT2D eigenvalue weighted by atomic mass is 16.5. The lowest BCUT2D eigenvalue weighted by Gasteiger charge is -2.38. The molecule has 0 aliphatic carbocycles. The van der Waals surface area contributed by atoms with Crippen LogP contribution in [0.5, 0.6) is 17.2 Å². The van der Waals surface area contributed by atoms with E-state index >= 15 is 0 Å². The molecule has 0 saturated carbocycles. The second-order valence-electron chi connectivity index (χ2n) is 13.8. The molecule has 0 bridgehead atoms. The molecule has 1 aliphatic rings. The number of benzene rings is 2. The Hall–Kier alpha value is -2.49. The molecule has 2 aromatic rings. The summed E-state index contributed by atoms with van der Waals surface area (Å²) in [7, 11) is 0. The molecular formula is C37H56O4. The van der Waals surface area contributed by atoms with E-state index in [1.165, 1.54) is 51.4 Å². The molecule has 3 unspecified atom stereocenters. The lowest BCUT2D eigenvalue weighted by molar-refractivity contribution is 0.0508. The fourth-order valence-electron chi connectivity index (χ4n) is 6.38. The van der Waals surface area contributed by atoms with Gasteiger partial charge in [-0.1, -0.05) is 78.7 Å². The third-order valence-electron chi connectivity index (χ3n) is 9.41. The van der Waals surface area contributed by atoms with Crippen LogP contribution in [0.4, 0.5) is 0 Å². The average Bonchev–Trinajstić information content (AvgIpc) is 2.89. The predicted octanol–water partition coefficient (Wildman–Crippen LogP) is 10.4. The van der Waals surface area contributed by atoms with Crippen molar-refractivity contribution in [2.75, 3.05) is 0 Å². The summed E-state index contributed by atoms with van der Waals surface area (Å²) in [5.74, 6) is 3.39. The zero-order valence-corrected chi connectivity index (χ0v) is 27.4. The van der Waals surface area contributed by atoms with E-state index in [9.17, 15) is 9.90 Å². The van der Waals surface area contributed by atoms with Gasteiger partial charge in [0, 0.05) is 5.56 Å². The number of aryl methyl sites for hydroxylation is 1. The summed E-state index contributed by atoms with van der Waals surface area (Å²) in [5, 5.41) is 10.3. The number of ether oxygens (including phenoxy) is 2. The number of carbonyl (C=O) groups is 1. The number of phenolic OH excluding ortho intramolecular Hbond substituents is 1. The molecule has 3 atom stereocenters. The molecule has 4 heteroatoms. The lowest BCUT2D eigenvalue weighted by atomic mass is 9.83. The molecule has 0 saturated heterocycles. The van der Waals surface area contributed by atoms with E-state index in [1.54, 1.807) is 18.2 Å². The Morgan fingerprint density at radius 1 is 0.902 bits per heavy atom. The number of hydrogen-bond donors (Lipinski definition) is 1. The number of hydrogen-bond acceptors (Lipinski definition) is 4. The summed E-state index contributed by atoms with van der Waals surface area (Å²) in [4.78, 5) is 13.0. The Labute approximate surface area is 250 Å². The van der Waals surface area contributed by atoms with Gasteiger partial charge in [-0.15, -0.1) is 0 Å². The van der Waals surface area contributed by atoms with Crippen LogP contribution in [0.15, 0.2) is 18.2 Å². The molecular weight excluding hydrogens is 508 g/mol. The van der Waals surface area contributed by atoms with E-state index < -0.39 is 5.97 Å². The molecule has 0 aromatic heterocycles. The SMILES string of the molecule is Cc1ccc(C(=O)Oc2c(C)c(C)c3c(c2C)CCC(C)(CCCC(C)CCCC(C)CCCC(C)C)O3)c(O)c1. The van der Waals surface area contributed by atoms with Gasteiger partial charge >= 0.3 is 5.97 Å². The van der Waals surface area contributed by atoms with Gasteiger partial charge in [-0.3, -0.25) is 0 Å². The third-order valence-corrected chi connectivity index (χ3v) is 9.41. The highest BCUT2D eigenvalue weighted by molar-refractivity contribution is 5.94. The Kier molecular flexibility index (Phi) is 11.8. The number of phenols is 1. The van der Waals surface area contributed by atoms with Crippen molar-refractivity contribution in [3.63, 3.8) is 0 Å². The first kappa shape index (κ1) is 33.0. The monoisotopic (exact) mass is 564 g/mol. The molecule has 1 N–H and O–H groups in total. The van der Waals surface area contributed by atoms with Gasteiger partial charge in [0.1, 0.15) is 28.4 Å². The first-order valence-electron chi connectivity index (χ1n) is 16.1. The zero-order chi connectivity index (χ0) is 30.3. The normalized spacial score (nSPS) is 18.1. The Balaban J connectivity index is 1.55. The minimum Gasteiger partial charge on any atom is -0.507 e. The lowest BCUT2D eigenvalue weighted by Crippen LogP contribution is -2.37. The highest BCUT2D eigenvalue weighted by Gasteiger charge is 2.35. The van der Waals surface area contributed by atoms with Gasteiger partial charge in [-0.25, -0.2) is 4.79 Å². The van der Waals surface area contributed by atoms with Gasteiger partial charge in [0.2, 0.25) is 0 Å². The van der Waals surface area contributed by atoms with Crippen molar-refractivity contribution in [1.82, 2.24) is 0 Å². The molecule has 1 heterocycles. The van der Waals surface area contributed by atoms with Crippen molar-refractivity contribution in [2.24, 2.45) is 17.8 Å². The Morgan fingerprint density at radius 3 is 2.12 bits per heavy atom. The summed E-state index contributed by atoms with van der Waals surface area (Å²) in [6, 6.07) is 5.01. The van der Waals surface area contributed by atoms with Crippen LogP contribution in [0.2, 0.25) is 0 Å². The van der Waals surface area contributed by atoms with E-state index in [0.717, 1.165) is 70.6 Å². The van der Waals surface area contributed by atoms with Gasteiger partial charge < -0.3 is 14.6 Å². The fourth-order valence-corrected chi connectivity index (χ4v) is 6.38. The van der Waals surface area contributed by atoms with Crippen LogP contribution in [-0.2, 0) is 6.42 Å². The minimum atomic E-state index is -0.538. The van der Waals surface area contributed by atoms with E-state index in [0.29, 0.717) is 5.75 Å². The van der Waals surface area contributed by atoms with E-state index in [2.05, 4.69) is 41.5 Å². The largest absolute Gasteiger partial charge is 0.507 e. The molecule has 4 nitrogen and oxygen atoms in total. The van der Waals surface area contributed by atoms with Gasteiger partial charge in [0.05, 0.1) is 0 Å². The quantitative estimate of drug-likeness (QED) is 0.183. The number of fused-ring (bicyclic) bond motifs is 1. The highest BCUT2D eigenvalue weighted by Crippen LogP contribution is 2.45. The maximum absolute atomic E-state index is 13.0. The smallest absolute Gasteiger partial charge is 0.347 e. The summed E-state index contributed by atoms with van der Waals surface area (Å²) < 4.78 is 12.7. The van der Waals surface area contributed by atoms with Gasteiger partial charge in [-0.2, -0.15) is 0 Å². The number of aromatic hydroxyl groups is 1. The summed E-state index contributed by atoms with van der Waals surface area (Å²) >= 11 is 0. The standard InChI is InChI=1S/C37H56O4/c1-24(2)13-10-14-25(3)15-11-16-26(4)17-12-21-37(9)22-20-31-30(8)34(28(6)29(7)35(31)41-37)40-36(39)32-19-18-27(5)23-33(32)38/h18-19,23-26,38H,10-17,20-22H2,1-9H3. The minimum absolute atomic E-state index is 0.0555. The summed E-state index contributed by atoms with van der Waals surface area (Å²) in [5.41, 5.74) is 4.94. The number of rotatable bonds is 14. The topological polar surface area (TPSA) is 55.8 Å². The molecule has 228 valence electrons. The van der Waals surface area contributed by atoms with E-state index in [4.69, 9.17) is 9.47 Å². The summed E-state index contributed by atoms with van der Waals surface area (Å²) in [6.45, 7) is 19.7. The van der Waals surface area contributed by atoms with Crippen molar-refractivity contribution in [3.8, 4) is 17.2 Å². The second-order valence-corrected chi connectivity index (χ2v) is 13.8. The first-order valence-corrected chi connectivity index (χ1v) is 16.1. The maximum Gasteiger partial charge on any atom is 0.347 e. The molecule has 1 aliphatic heterocycles. The van der Waals surface area contributed by atoms with Gasteiger partial charge in [0.15, 0.2) is 0 Å². The van der Waals surface area contributed by atoms with Crippen LogP contribution in [-0.4, -0.2) is 16.7 Å². The van der Waals surface area contributed by atoms with Crippen LogP contribution in [0.1, 0.15) is 137 Å². The molecule has 41 heavy (non-hydrogen) atoms. The predicted molar refractivity (Wildman–Crippen MR) is 171 cm³/mol. The number of carbonyl (C=O) groups excluding carboxylic acids is 1. The van der Waals surface area contributed by atoms with Crippen LogP contribution in [0.25, 0.3) is 0 Å². The van der Waals surface area contributed by atoms with Crippen LogP contribution in [0, 0.1) is 45.4 Å². The van der Waals surface area contributed by atoms with E-state index in [1.807, 2.05) is 20.8 Å². The first-order chi connectivity index (χ1) is 19.3.